The van der Waals surface area contributed by atoms with Gasteiger partial charge in [0, 0.05) is 6.08 Å². The van der Waals surface area contributed by atoms with E-state index < -0.39 is 5.97 Å². The maximum atomic E-state index is 10.3. The van der Waals surface area contributed by atoms with E-state index in [0.717, 1.165) is 17.4 Å². The molecule has 0 radical (unpaired) electrons. The molecule has 0 saturated carbocycles. The Morgan fingerprint density at radius 2 is 2.27 bits per heavy atom. The van der Waals surface area contributed by atoms with Gasteiger partial charge in [-0.3, -0.25) is 0 Å². The van der Waals surface area contributed by atoms with Crippen LogP contribution in [0.25, 0.3) is 0 Å². The molecule has 0 aliphatic rings. The summed E-state index contributed by atoms with van der Waals surface area (Å²) in [4.78, 5) is 10.3. The highest BCUT2D eigenvalue weighted by Gasteiger charge is 1.97. The molecule has 0 fully saturated rings. The van der Waals surface area contributed by atoms with E-state index in [1.165, 1.54) is 0 Å². The molecule has 15 heavy (non-hydrogen) atoms. The molecule has 0 heterocycles. The van der Waals surface area contributed by atoms with Crippen LogP contribution in [0.1, 0.15) is 12.5 Å². The molecule has 0 spiro atoms. The second kappa shape index (κ2) is 5.20. The van der Waals surface area contributed by atoms with Crippen LogP contribution in [-0.4, -0.2) is 17.7 Å². The normalized spacial score (nSPS) is 11.2. The second-order valence-electron chi connectivity index (χ2n) is 3.43. The first-order valence-corrected chi connectivity index (χ1v) is 4.67. The Balaban J connectivity index is 2.54. The number of benzene rings is 1. The fourth-order valence-electron chi connectivity index (χ4n) is 1.15. The Bertz CT molecular complexity index is 380. The summed E-state index contributed by atoms with van der Waals surface area (Å²) in [6.07, 6.45) is 1.15. The van der Waals surface area contributed by atoms with Gasteiger partial charge >= 0.3 is 5.97 Å². The van der Waals surface area contributed by atoms with E-state index in [2.05, 4.69) is 0 Å². The fraction of sp³-hybridized carbons (Fsp3) is 0.250. The molecule has 0 bridgehead atoms. The van der Waals surface area contributed by atoms with Gasteiger partial charge in [0.15, 0.2) is 0 Å². The Hall–Kier alpha value is -1.77. The minimum absolute atomic E-state index is 0.301. The van der Waals surface area contributed by atoms with Crippen molar-refractivity contribution in [1.82, 2.24) is 0 Å². The molecule has 0 unspecified atom stereocenters. The van der Waals surface area contributed by atoms with Gasteiger partial charge in [0.1, 0.15) is 12.4 Å². The molecule has 3 nitrogen and oxygen atoms in total. The van der Waals surface area contributed by atoms with Gasteiger partial charge in [-0.05, 0) is 37.1 Å². The highest BCUT2D eigenvalue weighted by atomic mass is 16.5. The summed E-state index contributed by atoms with van der Waals surface area (Å²) in [5, 5.41) is 8.49. The Morgan fingerprint density at radius 1 is 1.53 bits per heavy atom. The summed E-state index contributed by atoms with van der Waals surface area (Å²) in [6.45, 7) is 4.01. The lowest BCUT2D eigenvalue weighted by atomic mass is 10.2. The molecule has 1 rings (SSSR count). The molecule has 0 aliphatic carbocycles. The summed E-state index contributed by atoms with van der Waals surface area (Å²) in [7, 11) is 0. The third-order valence-corrected chi connectivity index (χ3v) is 1.83. The fourth-order valence-corrected chi connectivity index (χ4v) is 1.15. The maximum absolute atomic E-state index is 10.3. The van der Waals surface area contributed by atoms with E-state index in [0.29, 0.717) is 12.2 Å². The summed E-state index contributed by atoms with van der Waals surface area (Å²) < 4.78 is 5.42. The number of rotatable bonds is 4. The van der Waals surface area contributed by atoms with E-state index in [9.17, 15) is 4.79 Å². The first-order chi connectivity index (χ1) is 7.08. The molecular weight excluding hydrogens is 192 g/mol. The molecule has 0 atom stereocenters. The molecule has 0 aliphatic heterocycles. The lowest BCUT2D eigenvalue weighted by molar-refractivity contribution is -0.131. The second-order valence-corrected chi connectivity index (χ2v) is 3.43. The number of carboxylic acid groups (broad SMARTS) is 1. The third-order valence-electron chi connectivity index (χ3n) is 1.83. The van der Waals surface area contributed by atoms with Gasteiger partial charge < -0.3 is 9.84 Å². The minimum Gasteiger partial charge on any atom is -0.489 e. The van der Waals surface area contributed by atoms with Crippen molar-refractivity contribution in [2.45, 2.75) is 13.8 Å². The zero-order valence-electron chi connectivity index (χ0n) is 8.86. The number of hydrogen-bond donors (Lipinski definition) is 1. The molecule has 0 saturated heterocycles. The van der Waals surface area contributed by atoms with Crippen molar-refractivity contribution >= 4 is 5.97 Å². The van der Waals surface area contributed by atoms with Crippen LogP contribution in [0.5, 0.6) is 5.75 Å². The van der Waals surface area contributed by atoms with Gasteiger partial charge in [-0.15, -0.1) is 0 Å². The number of hydrogen-bond acceptors (Lipinski definition) is 2. The molecule has 3 heteroatoms. The van der Waals surface area contributed by atoms with Gasteiger partial charge in [0.05, 0.1) is 0 Å². The Kier molecular flexibility index (Phi) is 3.92. The van der Waals surface area contributed by atoms with Crippen molar-refractivity contribution in [2.75, 3.05) is 6.61 Å². The van der Waals surface area contributed by atoms with E-state index in [1.807, 2.05) is 31.2 Å². The van der Waals surface area contributed by atoms with E-state index in [4.69, 9.17) is 9.84 Å². The van der Waals surface area contributed by atoms with Gasteiger partial charge in [-0.2, -0.15) is 0 Å². The van der Waals surface area contributed by atoms with Crippen LogP contribution in [0.2, 0.25) is 0 Å². The Labute approximate surface area is 89.0 Å². The van der Waals surface area contributed by atoms with Gasteiger partial charge in [0.2, 0.25) is 0 Å². The summed E-state index contributed by atoms with van der Waals surface area (Å²) in [5.41, 5.74) is 1.80. The first-order valence-electron chi connectivity index (χ1n) is 4.67. The van der Waals surface area contributed by atoms with Gasteiger partial charge in [-0.1, -0.05) is 12.1 Å². The number of aliphatic carboxylic acids is 1. The van der Waals surface area contributed by atoms with Gasteiger partial charge in [0.25, 0.3) is 0 Å². The molecule has 0 amide bonds. The smallest absolute Gasteiger partial charge is 0.328 e. The van der Waals surface area contributed by atoms with Crippen molar-refractivity contribution < 1.29 is 14.6 Å². The van der Waals surface area contributed by atoms with E-state index >= 15 is 0 Å². The van der Waals surface area contributed by atoms with Crippen LogP contribution in [0.3, 0.4) is 0 Å². The lowest BCUT2D eigenvalue weighted by Crippen LogP contribution is -2.01. The van der Waals surface area contributed by atoms with Crippen LogP contribution < -0.4 is 4.74 Å². The monoisotopic (exact) mass is 206 g/mol. The van der Waals surface area contributed by atoms with E-state index in [-0.39, 0.29) is 0 Å². The number of carboxylic acids is 1. The highest BCUT2D eigenvalue weighted by Crippen LogP contribution is 2.13. The molecular formula is C12H14O3. The summed E-state index contributed by atoms with van der Waals surface area (Å²) >= 11 is 0. The average Bonchev–Trinajstić information content (AvgIpc) is 2.14. The third kappa shape index (κ3) is 4.31. The number of aryl methyl sites for hydroxylation is 1. The molecule has 0 aromatic heterocycles. The van der Waals surface area contributed by atoms with Crippen molar-refractivity contribution in [1.29, 1.82) is 0 Å². The van der Waals surface area contributed by atoms with E-state index in [1.54, 1.807) is 6.92 Å². The van der Waals surface area contributed by atoms with Crippen molar-refractivity contribution in [3.63, 3.8) is 0 Å². The van der Waals surface area contributed by atoms with Crippen molar-refractivity contribution in [3.05, 3.63) is 41.5 Å². The lowest BCUT2D eigenvalue weighted by Gasteiger charge is -2.06. The standard InChI is InChI=1S/C12H14O3/c1-9-4-3-5-11(6-9)15-8-10(2)7-12(13)14/h3-7H,8H2,1-2H3,(H,13,14). The van der Waals surface area contributed by atoms with Crippen LogP contribution in [0, 0.1) is 6.92 Å². The first kappa shape index (κ1) is 11.3. The number of carbonyl (C=O) groups is 1. The van der Waals surface area contributed by atoms with Crippen LogP contribution in [0.15, 0.2) is 35.9 Å². The van der Waals surface area contributed by atoms with Crippen LogP contribution in [0.4, 0.5) is 0 Å². The molecule has 1 N–H and O–H groups in total. The highest BCUT2D eigenvalue weighted by molar-refractivity contribution is 5.80. The SMILES string of the molecule is CC(=CC(=O)O)COc1cccc(C)c1. The average molecular weight is 206 g/mol. The quantitative estimate of drug-likeness (QED) is 0.769. The van der Waals surface area contributed by atoms with Crippen molar-refractivity contribution in [2.24, 2.45) is 0 Å². The molecule has 1 aromatic carbocycles. The zero-order chi connectivity index (χ0) is 11.3. The van der Waals surface area contributed by atoms with Crippen LogP contribution >= 0.6 is 0 Å². The Morgan fingerprint density at radius 3 is 2.87 bits per heavy atom. The molecule has 1 aromatic rings. The largest absolute Gasteiger partial charge is 0.489 e. The van der Waals surface area contributed by atoms with Crippen molar-refractivity contribution in [3.8, 4) is 5.75 Å². The maximum Gasteiger partial charge on any atom is 0.328 e. The van der Waals surface area contributed by atoms with Crippen LogP contribution in [-0.2, 0) is 4.79 Å². The van der Waals surface area contributed by atoms with Gasteiger partial charge in [-0.25, -0.2) is 4.79 Å². The predicted octanol–water partition coefficient (Wildman–Crippen LogP) is 2.40. The number of ether oxygens (including phenoxy) is 1. The zero-order valence-corrected chi connectivity index (χ0v) is 8.86. The topological polar surface area (TPSA) is 46.5 Å². The summed E-state index contributed by atoms with van der Waals surface area (Å²) in [5.74, 6) is -0.187. The summed E-state index contributed by atoms with van der Waals surface area (Å²) in [6, 6.07) is 7.64. The molecule has 80 valence electrons. The minimum atomic E-state index is -0.944. The predicted molar refractivity (Wildman–Crippen MR) is 58.1 cm³/mol.